The highest BCUT2D eigenvalue weighted by molar-refractivity contribution is 5.51. The zero-order valence-electron chi connectivity index (χ0n) is 11.9. The lowest BCUT2D eigenvalue weighted by Crippen LogP contribution is -2.19. The van der Waals surface area contributed by atoms with Crippen molar-refractivity contribution in [3.8, 4) is 11.5 Å². The maximum atomic E-state index is 13.6. The van der Waals surface area contributed by atoms with Crippen LogP contribution in [-0.2, 0) is 6.54 Å². The average Bonchev–Trinajstić information content (AvgIpc) is 3.03. The van der Waals surface area contributed by atoms with E-state index >= 15 is 0 Å². The van der Waals surface area contributed by atoms with Crippen molar-refractivity contribution in [2.75, 3.05) is 0 Å². The van der Waals surface area contributed by atoms with Crippen LogP contribution in [0.25, 0.3) is 11.5 Å². The molecule has 2 aromatic heterocycles. The molecule has 0 unspecified atom stereocenters. The summed E-state index contributed by atoms with van der Waals surface area (Å²) in [7, 11) is 0. The predicted molar refractivity (Wildman–Crippen MR) is 74.4 cm³/mol. The molecule has 0 aliphatic carbocycles. The summed E-state index contributed by atoms with van der Waals surface area (Å²) in [6.07, 6.45) is -1.61. The molecule has 9 heteroatoms. The molecule has 24 heavy (non-hydrogen) atoms. The van der Waals surface area contributed by atoms with E-state index in [-0.39, 0.29) is 23.6 Å². The molecule has 5 nitrogen and oxygen atoms in total. The van der Waals surface area contributed by atoms with Gasteiger partial charge in [-0.15, -0.1) is 10.2 Å². The molecule has 0 saturated heterocycles. The largest absolute Gasteiger partial charge is 0.415 e. The summed E-state index contributed by atoms with van der Waals surface area (Å²) in [6, 6.07) is 5.39. The van der Waals surface area contributed by atoms with Crippen LogP contribution >= 0.6 is 0 Å². The van der Waals surface area contributed by atoms with E-state index in [1.807, 2.05) is 0 Å². The van der Waals surface area contributed by atoms with Gasteiger partial charge in [-0.2, -0.15) is 8.78 Å². The minimum atomic E-state index is -2.91. The molecule has 0 saturated carbocycles. The quantitative estimate of drug-likeness (QED) is 0.685. The first kappa shape index (κ1) is 15.9. The Hall–Kier alpha value is -2.97. The van der Waals surface area contributed by atoms with E-state index in [1.54, 1.807) is 0 Å². The van der Waals surface area contributed by atoms with Gasteiger partial charge >= 0.3 is 6.43 Å². The Morgan fingerprint density at radius 2 is 1.92 bits per heavy atom. The van der Waals surface area contributed by atoms with Crippen molar-refractivity contribution >= 4 is 0 Å². The molecular weight excluding hydrogens is 330 g/mol. The highest BCUT2D eigenvalue weighted by Crippen LogP contribution is 2.22. The van der Waals surface area contributed by atoms with E-state index in [2.05, 4.69) is 10.2 Å². The SMILES string of the molecule is O=c1cc(-c2nnc(C(F)F)o2)ccn1Cc1cc(F)ccc1F. The first-order chi connectivity index (χ1) is 11.4. The summed E-state index contributed by atoms with van der Waals surface area (Å²) < 4.78 is 57.5. The van der Waals surface area contributed by atoms with Crippen molar-refractivity contribution < 1.29 is 22.0 Å². The molecule has 0 aliphatic rings. The molecule has 0 radical (unpaired) electrons. The van der Waals surface area contributed by atoms with Crippen LogP contribution in [0.5, 0.6) is 0 Å². The van der Waals surface area contributed by atoms with Crippen molar-refractivity contribution in [1.29, 1.82) is 0 Å². The maximum absolute atomic E-state index is 13.6. The second kappa shape index (κ2) is 6.26. The Kier molecular flexibility index (Phi) is 4.15. The van der Waals surface area contributed by atoms with Crippen molar-refractivity contribution in [3.05, 3.63) is 70.0 Å². The molecule has 0 N–H and O–H groups in total. The number of hydrogen-bond acceptors (Lipinski definition) is 4. The molecule has 124 valence electrons. The number of aromatic nitrogens is 3. The molecular formula is C15H9F4N3O2. The Morgan fingerprint density at radius 3 is 2.58 bits per heavy atom. The second-order valence-electron chi connectivity index (χ2n) is 4.86. The van der Waals surface area contributed by atoms with Crippen LogP contribution in [0.3, 0.4) is 0 Å². The second-order valence-corrected chi connectivity index (χ2v) is 4.86. The summed E-state index contributed by atoms with van der Waals surface area (Å²) >= 11 is 0. The van der Waals surface area contributed by atoms with Gasteiger partial charge in [0.25, 0.3) is 11.4 Å². The molecule has 1 aromatic carbocycles. The van der Waals surface area contributed by atoms with Gasteiger partial charge in [-0.25, -0.2) is 8.78 Å². The van der Waals surface area contributed by atoms with Gasteiger partial charge < -0.3 is 8.98 Å². The molecule has 3 aromatic rings. The minimum Gasteiger partial charge on any atom is -0.415 e. The summed E-state index contributed by atoms with van der Waals surface area (Å²) in [5.41, 5.74) is -0.411. The number of pyridine rings is 1. The fourth-order valence-corrected chi connectivity index (χ4v) is 2.06. The molecule has 0 spiro atoms. The smallest absolute Gasteiger partial charge is 0.314 e. The Bertz CT molecular complexity index is 936. The van der Waals surface area contributed by atoms with Gasteiger partial charge in [0.15, 0.2) is 0 Å². The lowest BCUT2D eigenvalue weighted by atomic mass is 10.2. The molecule has 0 atom stereocenters. The third-order valence-electron chi connectivity index (χ3n) is 3.22. The number of hydrogen-bond donors (Lipinski definition) is 0. The van der Waals surface area contributed by atoms with Gasteiger partial charge in [-0.1, -0.05) is 0 Å². The maximum Gasteiger partial charge on any atom is 0.314 e. The van der Waals surface area contributed by atoms with Crippen molar-refractivity contribution in [1.82, 2.24) is 14.8 Å². The van der Waals surface area contributed by atoms with E-state index in [1.165, 1.54) is 12.3 Å². The molecule has 0 bridgehead atoms. The highest BCUT2D eigenvalue weighted by Gasteiger charge is 2.17. The predicted octanol–water partition coefficient (Wildman–Crippen LogP) is 3.16. The average molecular weight is 339 g/mol. The Morgan fingerprint density at radius 1 is 1.12 bits per heavy atom. The topological polar surface area (TPSA) is 60.9 Å². The number of rotatable bonds is 4. The molecule has 2 heterocycles. The third kappa shape index (κ3) is 3.19. The first-order valence-corrected chi connectivity index (χ1v) is 6.70. The standard InChI is InChI=1S/C15H9F4N3O2/c16-10-1-2-11(17)9(5-10)7-22-4-3-8(6-12(22)23)14-20-21-15(24-14)13(18)19/h1-6,13H,7H2. The van der Waals surface area contributed by atoms with Gasteiger partial charge in [-0.05, 0) is 24.3 Å². The number of nitrogens with zero attached hydrogens (tertiary/aromatic N) is 3. The van der Waals surface area contributed by atoms with Gasteiger partial charge in [0.2, 0.25) is 5.89 Å². The Labute approximate surface area is 132 Å². The van der Waals surface area contributed by atoms with Crippen LogP contribution in [0.15, 0.2) is 45.7 Å². The lowest BCUT2D eigenvalue weighted by molar-refractivity contribution is 0.116. The zero-order chi connectivity index (χ0) is 17.3. The van der Waals surface area contributed by atoms with Crippen LogP contribution in [0.1, 0.15) is 17.9 Å². The van der Waals surface area contributed by atoms with Crippen molar-refractivity contribution in [3.63, 3.8) is 0 Å². The van der Waals surface area contributed by atoms with Crippen LogP contribution in [-0.4, -0.2) is 14.8 Å². The summed E-state index contributed by atoms with van der Waals surface area (Å²) in [4.78, 5) is 12.1. The van der Waals surface area contributed by atoms with Crippen LogP contribution in [0, 0.1) is 11.6 Å². The van der Waals surface area contributed by atoms with Gasteiger partial charge in [0, 0.05) is 23.4 Å². The fourth-order valence-electron chi connectivity index (χ4n) is 2.06. The molecule has 0 fully saturated rings. The molecule has 0 aliphatic heterocycles. The van der Waals surface area contributed by atoms with E-state index in [0.29, 0.717) is 0 Å². The van der Waals surface area contributed by atoms with Gasteiger partial charge in [0.1, 0.15) is 11.6 Å². The van der Waals surface area contributed by atoms with Crippen LogP contribution in [0.2, 0.25) is 0 Å². The van der Waals surface area contributed by atoms with Crippen LogP contribution in [0.4, 0.5) is 17.6 Å². The van der Waals surface area contributed by atoms with E-state index < -0.39 is 29.5 Å². The summed E-state index contributed by atoms with van der Waals surface area (Å²) in [6.45, 7) is -0.186. The fraction of sp³-hybridized carbons (Fsp3) is 0.133. The normalized spacial score (nSPS) is 11.2. The summed E-state index contributed by atoms with van der Waals surface area (Å²) in [5.74, 6) is -2.35. The zero-order valence-corrected chi connectivity index (χ0v) is 11.9. The number of halogens is 4. The monoisotopic (exact) mass is 339 g/mol. The van der Waals surface area contributed by atoms with E-state index in [4.69, 9.17) is 4.42 Å². The molecule has 0 amide bonds. The van der Waals surface area contributed by atoms with E-state index in [0.717, 1.165) is 28.8 Å². The van der Waals surface area contributed by atoms with Crippen LogP contribution < -0.4 is 5.56 Å². The van der Waals surface area contributed by atoms with E-state index in [9.17, 15) is 22.4 Å². The number of alkyl halides is 2. The Balaban J connectivity index is 1.89. The van der Waals surface area contributed by atoms with Crippen molar-refractivity contribution in [2.45, 2.75) is 13.0 Å². The highest BCUT2D eigenvalue weighted by atomic mass is 19.3. The lowest BCUT2D eigenvalue weighted by Gasteiger charge is -2.07. The third-order valence-corrected chi connectivity index (χ3v) is 3.22. The van der Waals surface area contributed by atoms with Gasteiger partial charge in [-0.3, -0.25) is 4.79 Å². The van der Waals surface area contributed by atoms with Gasteiger partial charge in [0.05, 0.1) is 6.54 Å². The summed E-state index contributed by atoms with van der Waals surface area (Å²) in [5, 5.41) is 6.60. The first-order valence-electron chi connectivity index (χ1n) is 6.70. The molecule has 3 rings (SSSR count). The van der Waals surface area contributed by atoms with Crippen molar-refractivity contribution in [2.24, 2.45) is 0 Å². The minimum absolute atomic E-state index is 0.00243. The number of benzene rings is 1.